The van der Waals surface area contributed by atoms with Crippen molar-refractivity contribution in [2.24, 2.45) is 0 Å². The van der Waals surface area contributed by atoms with E-state index in [0.717, 1.165) is 6.26 Å². The minimum absolute atomic E-state index is 0.217. The summed E-state index contributed by atoms with van der Waals surface area (Å²) >= 11 is 0. The summed E-state index contributed by atoms with van der Waals surface area (Å²) in [7, 11) is -0.479. The lowest BCUT2D eigenvalue weighted by Gasteiger charge is -2.23. The standard InChI is InChI=1S/C23H29N3O6S/c1-5-16-14-17-18(22(27)24-2)15-32-23(17)25-21(16)26(33(4,28)29)12-8-9-13-31-20-11-7-6-10-19(20)30-3/h6-7,10-11,14-15H,5,8-9,12-13H2,1-4H3,(H,24,27). The summed E-state index contributed by atoms with van der Waals surface area (Å²) in [4.78, 5) is 16.6. The van der Waals surface area contributed by atoms with E-state index in [1.54, 1.807) is 13.2 Å². The van der Waals surface area contributed by atoms with Gasteiger partial charge < -0.3 is 19.2 Å². The van der Waals surface area contributed by atoms with Crippen LogP contribution in [0.2, 0.25) is 0 Å². The maximum absolute atomic E-state index is 12.6. The summed E-state index contributed by atoms with van der Waals surface area (Å²) in [5.74, 6) is 1.32. The molecule has 1 N–H and O–H groups in total. The van der Waals surface area contributed by atoms with E-state index >= 15 is 0 Å². The summed E-state index contributed by atoms with van der Waals surface area (Å²) in [5.41, 5.74) is 1.29. The molecule has 3 rings (SSSR count). The molecule has 1 amide bonds. The molecular weight excluding hydrogens is 446 g/mol. The highest BCUT2D eigenvalue weighted by Crippen LogP contribution is 2.29. The molecule has 33 heavy (non-hydrogen) atoms. The molecule has 0 atom stereocenters. The molecule has 0 fully saturated rings. The van der Waals surface area contributed by atoms with Crippen LogP contribution in [0.3, 0.4) is 0 Å². The van der Waals surface area contributed by atoms with E-state index in [1.807, 2.05) is 31.2 Å². The summed E-state index contributed by atoms with van der Waals surface area (Å²) in [5, 5.41) is 3.11. The van der Waals surface area contributed by atoms with Gasteiger partial charge in [0.05, 0.1) is 30.9 Å². The van der Waals surface area contributed by atoms with Crippen LogP contribution in [0.25, 0.3) is 11.1 Å². The molecule has 1 aromatic carbocycles. The highest BCUT2D eigenvalue weighted by Gasteiger charge is 2.24. The molecule has 0 radical (unpaired) electrons. The van der Waals surface area contributed by atoms with Gasteiger partial charge >= 0.3 is 0 Å². The van der Waals surface area contributed by atoms with Gasteiger partial charge in [-0.15, -0.1) is 0 Å². The number of pyridine rings is 1. The van der Waals surface area contributed by atoms with Crippen LogP contribution in [-0.2, 0) is 16.4 Å². The fourth-order valence-corrected chi connectivity index (χ4v) is 4.42. The average Bonchev–Trinajstić information content (AvgIpc) is 3.22. The van der Waals surface area contributed by atoms with Crippen molar-refractivity contribution in [1.82, 2.24) is 10.3 Å². The second-order valence-corrected chi connectivity index (χ2v) is 9.35. The van der Waals surface area contributed by atoms with Gasteiger partial charge in [0.1, 0.15) is 12.1 Å². The highest BCUT2D eigenvalue weighted by molar-refractivity contribution is 7.92. The van der Waals surface area contributed by atoms with Crippen molar-refractivity contribution in [1.29, 1.82) is 0 Å². The SMILES string of the molecule is CCc1cc2c(C(=O)NC)coc2nc1N(CCCCOc1ccccc1OC)S(C)(=O)=O. The molecule has 0 aliphatic carbocycles. The van der Waals surface area contributed by atoms with Crippen molar-refractivity contribution in [3.05, 3.63) is 47.7 Å². The first kappa shape index (κ1) is 24.4. The van der Waals surface area contributed by atoms with Crippen LogP contribution in [0, 0.1) is 0 Å². The second kappa shape index (κ2) is 10.6. The number of anilines is 1. The van der Waals surface area contributed by atoms with Gasteiger partial charge in [-0.05, 0) is 43.0 Å². The number of sulfonamides is 1. The zero-order chi connectivity index (χ0) is 24.0. The number of fused-ring (bicyclic) bond motifs is 1. The molecule has 3 aromatic rings. The third kappa shape index (κ3) is 5.57. The number of para-hydroxylation sites is 2. The van der Waals surface area contributed by atoms with Crippen LogP contribution in [0.5, 0.6) is 11.5 Å². The van der Waals surface area contributed by atoms with Gasteiger partial charge in [0.2, 0.25) is 15.7 Å². The molecule has 9 nitrogen and oxygen atoms in total. The monoisotopic (exact) mass is 475 g/mol. The van der Waals surface area contributed by atoms with E-state index in [0.29, 0.717) is 59.7 Å². The smallest absolute Gasteiger partial charge is 0.254 e. The lowest BCUT2D eigenvalue weighted by molar-refractivity contribution is 0.0964. The van der Waals surface area contributed by atoms with Crippen molar-refractivity contribution in [2.75, 3.05) is 37.9 Å². The van der Waals surface area contributed by atoms with Gasteiger partial charge in [-0.25, -0.2) is 8.42 Å². The Kier molecular flexibility index (Phi) is 7.80. The lowest BCUT2D eigenvalue weighted by atomic mass is 10.1. The highest BCUT2D eigenvalue weighted by atomic mass is 32.2. The molecular formula is C23H29N3O6S. The van der Waals surface area contributed by atoms with E-state index in [2.05, 4.69) is 10.3 Å². The van der Waals surface area contributed by atoms with Crippen molar-refractivity contribution in [3.8, 4) is 11.5 Å². The van der Waals surface area contributed by atoms with E-state index in [-0.39, 0.29) is 18.2 Å². The molecule has 2 aromatic heterocycles. The summed E-state index contributed by atoms with van der Waals surface area (Å²) in [6.45, 7) is 2.56. The van der Waals surface area contributed by atoms with Gasteiger partial charge in [-0.3, -0.25) is 9.10 Å². The van der Waals surface area contributed by atoms with Crippen LogP contribution >= 0.6 is 0 Å². The number of aromatic nitrogens is 1. The second-order valence-electron chi connectivity index (χ2n) is 7.45. The van der Waals surface area contributed by atoms with Crippen molar-refractivity contribution in [2.45, 2.75) is 26.2 Å². The number of methoxy groups -OCH3 is 1. The van der Waals surface area contributed by atoms with Crippen molar-refractivity contribution < 1.29 is 27.1 Å². The molecule has 2 heterocycles. The Hall–Kier alpha value is -3.27. The predicted molar refractivity (Wildman–Crippen MR) is 127 cm³/mol. The number of carbonyl (C=O) groups is 1. The Morgan fingerprint density at radius 2 is 1.94 bits per heavy atom. The van der Waals surface area contributed by atoms with Crippen LogP contribution in [0.4, 0.5) is 5.82 Å². The van der Waals surface area contributed by atoms with E-state index in [4.69, 9.17) is 13.9 Å². The number of hydrogen-bond acceptors (Lipinski definition) is 7. The number of furan rings is 1. The van der Waals surface area contributed by atoms with Crippen molar-refractivity contribution in [3.63, 3.8) is 0 Å². The Bertz CT molecular complexity index is 1220. The third-order valence-corrected chi connectivity index (χ3v) is 6.35. The quantitative estimate of drug-likeness (QED) is 0.423. The number of benzene rings is 1. The van der Waals surface area contributed by atoms with E-state index < -0.39 is 10.0 Å². The Labute approximate surface area is 193 Å². The molecule has 178 valence electrons. The number of nitrogens with zero attached hydrogens (tertiary/aromatic N) is 2. The van der Waals surface area contributed by atoms with Crippen LogP contribution < -0.4 is 19.1 Å². The largest absolute Gasteiger partial charge is 0.493 e. The van der Waals surface area contributed by atoms with Gasteiger partial charge in [0, 0.05) is 13.6 Å². The topological polar surface area (TPSA) is 111 Å². The number of carbonyl (C=O) groups excluding carboxylic acids is 1. The van der Waals surface area contributed by atoms with Gasteiger partial charge in [0.15, 0.2) is 11.5 Å². The van der Waals surface area contributed by atoms with E-state index in [1.165, 1.54) is 17.6 Å². The summed E-state index contributed by atoms with van der Waals surface area (Å²) < 4.78 is 43.0. The number of hydrogen-bond donors (Lipinski definition) is 1. The minimum atomic E-state index is -3.59. The fraction of sp³-hybridized carbons (Fsp3) is 0.391. The molecule has 10 heteroatoms. The number of amides is 1. The zero-order valence-electron chi connectivity index (χ0n) is 19.3. The molecule has 0 aliphatic heterocycles. The average molecular weight is 476 g/mol. The summed E-state index contributed by atoms with van der Waals surface area (Å²) in [6.07, 6.45) is 4.23. The van der Waals surface area contributed by atoms with Gasteiger partial charge in [-0.2, -0.15) is 4.98 Å². The Morgan fingerprint density at radius 1 is 1.21 bits per heavy atom. The minimum Gasteiger partial charge on any atom is -0.493 e. The molecule has 0 saturated heterocycles. The third-order valence-electron chi connectivity index (χ3n) is 5.19. The number of aryl methyl sites for hydroxylation is 1. The summed E-state index contributed by atoms with van der Waals surface area (Å²) in [6, 6.07) is 9.14. The lowest BCUT2D eigenvalue weighted by Crippen LogP contribution is -2.32. The molecule has 0 bridgehead atoms. The van der Waals surface area contributed by atoms with Gasteiger partial charge in [0.25, 0.3) is 5.91 Å². The number of ether oxygens (including phenoxy) is 2. The van der Waals surface area contributed by atoms with Gasteiger partial charge in [-0.1, -0.05) is 19.1 Å². The molecule has 0 saturated carbocycles. The normalized spacial score (nSPS) is 11.4. The molecule has 0 unspecified atom stereocenters. The predicted octanol–water partition coefficient (Wildman–Crippen LogP) is 3.38. The van der Waals surface area contributed by atoms with E-state index in [9.17, 15) is 13.2 Å². The fourth-order valence-electron chi connectivity index (χ4n) is 3.48. The van der Waals surface area contributed by atoms with Crippen molar-refractivity contribution >= 4 is 32.8 Å². The van der Waals surface area contributed by atoms with Crippen LogP contribution in [-0.4, -0.2) is 52.9 Å². The number of nitrogens with one attached hydrogen (secondary N) is 1. The first-order valence-corrected chi connectivity index (χ1v) is 12.5. The molecule has 0 aliphatic rings. The van der Waals surface area contributed by atoms with Crippen LogP contribution in [0.1, 0.15) is 35.7 Å². The maximum atomic E-state index is 12.6. The first-order valence-electron chi connectivity index (χ1n) is 10.7. The van der Waals surface area contributed by atoms with Crippen LogP contribution in [0.15, 0.2) is 41.0 Å². The maximum Gasteiger partial charge on any atom is 0.254 e. The molecule has 0 spiro atoms. The Balaban J connectivity index is 1.77. The zero-order valence-corrected chi connectivity index (χ0v) is 20.1. The Morgan fingerprint density at radius 3 is 2.58 bits per heavy atom. The number of unbranched alkanes of at least 4 members (excludes halogenated alkanes) is 1. The first-order chi connectivity index (χ1) is 15.8. The number of rotatable bonds is 11.